The molecular weight excluding hydrogens is 266 g/mol. The zero-order valence-electron chi connectivity index (χ0n) is 12.2. The molecule has 112 valence electrons. The number of nitrogens with zero attached hydrogens (tertiary/aromatic N) is 1. The summed E-state index contributed by atoms with van der Waals surface area (Å²) in [5.74, 6) is -0.425. The molecule has 5 heteroatoms. The molecule has 0 saturated carbocycles. The number of nitrogens with one attached hydrogen (secondary N) is 2. The molecule has 0 fully saturated rings. The molecule has 0 spiro atoms. The van der Waals surface area contributed by atoms with Crippen LogP contribution in [0.4, 0.5) is 5.69 Å². The molecule has 0 saturated heterocycles. The highest BCUT2D eigenvalue weighted by molar-refractivity contribution is 6.06. The van der Waals surface area contributed by atoms with Crippen molar-refractivity contribution in [2.75, 3.05) is 18.5 Å². The molecule has 0 unspecified atom stereocenters. The van der Waals surface area contributed by atoms with Crippen molar-refractivity contribution < 1.29 is 9.90 Å². The Morgan fingerprint density at radius 3 is 2.86 bits per heavy atom. The van der Waals surface area contributed by atoms with Gasteiger partial charge in [-0.25, -0.2) is 0 Å². The number of carbonyl (C=O) groups excluding carboxylic acids is 1. The fourth-order valence-electron chi connectivity index (χ4n) is 1.76. The zero-order valence-corrected chi connectivity index (χ0v) is 12.2. The number of hydrogen-bond acceptors (Lipinski definition) is 4. The fourth-order valence-corrected chi connectivity index (χ4v) is 1.76. The van der Waals surface area contributed by atoms with E-state index in [4.69, 9.17) is 10.4 Å². The molecule has 0 aliphatic heterocycles. The van der Waals surface area contributed by atoms with Gasteiger partial charge in [0.2, 0.25) is 0 Å². The first-order valence-electron chi connectivity index (χ1n) is 7.00. The molecule has 21 heavy (non-hydrogen) atoms. The third kappa shape index (κ3) is 6.59. The average Bonchev–Trinajstić information content (AvgIpc) is 2.46. The number of aliphatic hydroxyl groups is 1. The molecule has 1 aromatic rings. The van der Waals surface area contributed by atoms with Crippen LogP contribution in [0, 0.1) is 18.3 Å². The minimum Gasteiger partial charge on any atom is -0.396 e. The molecule has 1 rings (SSSR count). The van der Waals surface area contributed by atoms with E-state index in [1.807, 2.05) is 31.2 Å². The highest BCUT2D eigenvalue weighted by atomic mass is 16.2. The molecular formula is C16H21N3O2. The number of unbranched alkanes of at least 4 members (excludes halogenated alkanes) is 2. The van der Waals surface area contributed by atoms with Gasteiger partial charge in [0, 0.05) is 25.0 Å². The first-order chi connectivity index (χ1) is 10.2. The highest BCUT2D eigenvalue weighted by Gasteiger charge is 2.08. The third-order valence-corrected chi connectivity index (χ3v) is 2.87. The first kappa shape index (κ1) is 16.7. The van der Waals surface area contributed by atoms with Crippen LogP contribution in [0.5, 0.6) is 0 Å². The van der Waals surface area contributed by atoms with Crippen molar-refractivity contribution in [3.05, 3.63) is 41.6 Å². The van der Waals surface area contributed by atoms with Crippen LogP contribution in [-0.2, 0) is 4.79 Å². The highest BCUT2D eigenvalue weighted by Crippen LogP contribution is 2.10. The van der Waals surface area contributed by atoms with Crippen molar-refractivity contribution >= 4 is 11.6 Å². The van der Waals surface area contributed by atoms with Crippen LogP contribution in [-0.4, -0.2) is 24.2 Å². The number of nitriles is 1. The maximum Gasteiger partial charge on any atom is 0.267 e. The number of hydrogen-bond donors (Lipinski definition) is 3. The van der Waals surface area contributed by atoms with Gasteiger partial charge in [-0.3, -0.25) is 4.79 Å². The largest absolute Gasteiger partial charge is 0.396 e. The third-order valence-electron chi connectivity index (χ3n) is 2.87. The van der Waals surface area contributed by atoms with Gasteiger partial charge in [-0.15, -0.1) is 0 Å². The number of carbonyl (C=O) groups is 1. The first-order valence-corrected chi connectivity index (χ1v) is 7.00. The quantitative estimate of drug-likeness (QED) is 0.388. The Labute approximate surface area is 125 Å². The lowest BCUT2D eigenvalue weighted by molar-refractivity contribution is -0.112. The molecule has 0 heterocycles. The number of benzene rings is 1. The Morgan fingerprint density at radius 2 is 2.19 bits per heavy atom. The minimum absolute atomic E-state index is 0.0404. The number of anilines is 1. The van der Waals surface area contributed by atoms with Crippen LogP contribution >= 0.6 is 0 Å². The molecule has 0 aliphatic rings. The van der Waals surface area contributed by atoms with Gasteiger partial charge in [-0.05, 0) is 43.9 Å². The van der Waals surface area contributed by atoms with E-state index >= 15 is 0 Å². The van der Waals surface area contributed by atoms with Crippen molar-refractivity contribution in [2.45, 2.75) is 26.2 Å². The van der Waals surface area contributed by atoms with E-state index in [-0.39, 0.29) is 12.2 Å². The summed E-state index contributed by atoms with van der Waals surface area (Å²) in [6.07, 6.45) is 4.00. The van der Waals surface area contributed by atoms with Crippen LogP contribution < -0.4 is 10.6 Å². The second-order valence-electron chi connectivity index (χ2n) is 4.73. The number of rotatable bonds is 8. The van der Waals surface area contributed by atoms with E-state index in [0.717, 1.165) is 24.8 Å². The number of aryl methyl sites for hydroxylation is 1. The Balaban J connectivity index is 2.47. The van der Waals surface area contributed by atoms with Crippen molar-refractivity contribution in [3.63, 3.8) is 0 Å². The maximum absolute atomic E-state index is 11.9. The van der Waals surface area contributed by atoms with Crippen molar-refractivity contribution in [2.24, 2.45) is 0 Å². The van der Waals surface area contributed by atoms with Crippen LogP contribution in [0.25, 0.3) is 0 Å². The van der Waals surface area contributed by atoms with Crippen molar-refractivity contribution in [3.8, 4) is 6.07 Å². The molecule has 0 aliphatic carbocycles. The van der Waals surface area contributed by atoms with E-state index in [1.54, 1.807) is 6.07 Å². The van der Waals surface area contributed by atoms with Crippen LogP contribution in [0.2, 0.25) is 0 Å². The molecule has 0 bridgehead atoms. The van der Waals surface area contributed by atoms with Crippen LogP contribution in [0.3, 0.4) is 0 Å². The summed E-state index contributed by atoms with van der Waals surface area (Å²) in [6.45, 7) is 2.80. The van der Waals surface area contributed by atoms with E-state index < -0.39 is 5.91 Å². The molecule has 5 nitrogen and oxygen atoms in total. The van der Waals surface area contributed by atoms with Gasteiger partial charge >= 0.3 is 0 Å². The van der Waals surface area contributed by atoms with Gasteiger partial charge in [-0.2, -0.15) is 5.26 Å². The van der Waals surface area contributed by atoms with E-state index in [0.29, 0.717) is 12.2 Å². The van der Waals surface area contributed by atoms with Gasteiger partial charge in [0.05, 0.1) is 0 Å². The Morgan fingerprint density at radius 1 is 1.38 bits per heavy atom. The summed E-state index contributed by atoms with van der Waals surface area (Å²) in [4.78, 5) is 11.9. The smallest absolute Gasteiger partial charge is 0.267 e. The predicted molar refractivity (Wildman–Crippen MR) is 82.4 cm³/mol. The lowest BCUT2D eigenvalue weighted by Gasteiger charge is -2.06. The lowest BCUT2D eigenvalue weighted by atomic mass is 10.2. The molecule has 1 aromatic carbocycles. The Kier molecular flexibility index (Phi) is 7.62. The fraction of sp³-hybridized carbons (Fsp3) is 0.375. The SMILES string of the molecule is Cc1cccc(NC(=O)/C(C#N)=C\NCCCCCO)c1. The van der Waals surface area contributed by atoms with Crippen LogP contribution in [0.1, 0.15) is 24.8 Å². The van der Waals surface area contributed by atoms with Crippen LogP contribution in [0.15, 0.2) is 36.0 Å². The Hall–Kier alpha value is -2.32. The monoisotopic (exact) mass is 287 g/mol. The number of aliphatic hydroxyl groups excluding tert-OH is 1. The summed E-state index contributed by atoms with van der Waals surface area (Å²) in [5.41, 5.74) is 1.75. The zero-order chi connectivity index (χ0) is 15.5. The van der Waals surface area contributed by atoms with Gasteiger partial charge < -0.3 is 15.7 Å². The predicted octanol–water partition coefficient (Wildman–Crippen LogP) is 2.09. The average molecular weight is 287 g/mol. The van der Waals surface area contributed by atoms with Gasteiger partial charge in [-0.1, -0.05) is 12.1 Å². The normalized spacial score (nSPS) is 10.8. The molecule has 1 amide bonds. The van der Waals surface area contributed by atoms with E-state index in [1.165, 1.54) is 6.20 Å². The van der Waals surface area contributed by atoms with Crippen molar-refractivity contribution in [1.82, 2.24) is 5.32 Å². The second-order valence-corrected chi connectivity index (χ2v) is 4.73. The lowest BCUT2D eigenvalue weighted by Crippen LogP contribution is -2.17. The van der Waals surface area contributed by atoms with Crippen molar-refractivity contribution in [1.29, 1.82) is 5.26 Å². The van der Waals surface area contributed by atoms with E-state index in [9.17, 15) is 4.79 Å². The van der Waals surface area contributed by atoms with Gasteiger partial charge in [0.1, 0.15) is 11.6 Å². The topological polar surface area (TPSA) is 85.2 Å². The molecule has 0 atom stereocenters. The minimum atomic E-state index is -0.425. The second kappa shape index (κ2) is 9.56. The molecule has 3 N–H and O–H groups in total. The molecule has 0 radical (unpaired) electrons. The van der Waals surface area contributed by atoms with Gasteiger partial charge in [0.25, 0.3) is 5.91 Å². The summed E-state index contributed by atoms with van der Waals surface area (Å²) in [7, 11) is 0. The van der Waals surface area contributed by atoms with Gasteiger partial charge in [0.15, 0.2) is 0 Å². The summed E-state index contributed by atoms with van der Waals surface area (Å²) >= 11 is 0. The maximum atomic E-state index is 11.9. The van der Waals surface area contributed by atoms with E-state index in [2.05, 4.69) is 10.6 Å². The summed E-state index contributed by atoms with van der Waals surface area (Å²) < 4.78 is 0. The number of amides is 1. The summed E-state index contributed by atoms with van der Waals surface area (Å²) in [6, 6.07) is 9.29. The summed E-state index contributed by atoms with van der Waals surface area (Å²) in [5, 5.41) is 23.3. The standard InChI is InChI=1S/C16H21N3O2/c1-13-6-5-7-15(10-13)19-16(21)14(11-17)12-18-8-3-2-4-9-20/h5-7,10,12,18,20H,2-4,8-9H2,1H3,(H,19,21)/b14-12-. The Bertz CT molecular complexity index is 533. The molecule has 0 aromatic heterocycles.